The van der Waals surface area contributed by atoms with E-state index in [2.05, 4.69) is 15.0 Å². The van der Waals surface area contributed by atoms with Crippen LogP contribution in [0.4, 0.5) is 0 Å². The first-order valence-corrected chi connectivity index (χ1v) is 5.38. The first-order chi connectivity index (χ1) is 8.13. The molecule has 2 heterocycles. The average molecular weight is 238 g/mol. The van der Waals surface area contributed by atoms with Gasteiger partial charge in [0.2, 0.25) is 0 Å². The Morgan fingerprint density at radius 1 is 1.53 bits per heavy atom. The van der Waals surface area contributed by atoms with Crippen molar-refractivity contribution in [3.63, 3.8) is 0 Å². The van der Waals surface area contributed by atoms with Crippen molar-refractivity contribution >= 4 is 11.9 Å². The predicted molar refractivity (Wildman–Crippen MR) is 57.1 cm³/mol. The Kier molecular flexibility index (Phi) is 3.08. The molecule has 1 aromatic heterocycles. The molecule has 17 heavy (non-hydrogen) atoms. The number of aromatic nitrogens is 3. The minimum atomic E-state index is -0.491. The molecule has 1 atom stereocenters. The van der Waals surface area contributed by atoms with E-state index in [4.69, 9.17) is 0 Å². The van der Waals surface area contributed by atoms with Gasteiger partial charge in [0.1, 0.15) is 6.04 Å². The molecule has 1 saturated heterocycles. The normalized spacial score (nSPS) is 19.4. The zero-order valence-electron chi connectivity index (χ0n) is 9.79. The Balaban J connectivity index is 2.16. The van der Waals surface area contributed by atoms with Crippen molar-refractivity contribution in [2.24, 2.45) is 7.05 Å². The van der Waals surface area contributed by atoms with E-state index in [1.807, 2.05) is 0 Å². The summed E-state index contributed by atoms with van der Waals surface area (Å²) in [5.41, 5.74) is 0.253. The quantitative estimate of drug-likeness (QED) is 0.655. The number of carbonyl (C=O) groups is 2. The molecule has 0 aliphatic carbocycles. The predicted octanol–water partition coefficient (Wildman–Crippen LogP) is -0.407. The van der Waals surface area contributed by atoms with Crippen LogP contribution in [0.15, 0.2) is 6.20 Å². The molecule has 1 aromatic rings. The summed E-state index contributed by atoms with van der Waals surface area (Å²) in [6.07, 6.45) is 2.97. The van der Waals surface area contributed by atoms with Crippen molar-refractivity contribution in [2.45, 2.75) is 18.9 Å². The maximum Gasteiger partial charge on any atom is 0.328 e. The maximum absolute atomic E-state index is 12.1. The second-order valence-electron chi connectivity index (χ2n) is 3.96. The van der Waals surface area contributed by atoms with Gasteiger partial charge in [-0.15, -0.1) is 5.10 Å². The molecule has 1 unspecified atom stereocenters. The highest BCUT2D eigenvalue weighted by atomic mass is 16.5. The summed E-state index contributed by atoms with van der Waals surface area (Å²) in [5.74, 6) is -0.647. The molecule has 0 spiro atoms. The molecular weight excluding hydrogens is 224 g/mol. The zero-order chi connectivity index (χ0) is 12.4. The van der Waals surface area contributed by atoms with Crippen LogP contribution in [0.3, 0.4) is 0 Å². The van der Waals surface area contributed by atoms with Gasteiger partial charge in [0.15, 0.2) is 5.69 Å². The molecule has 1 fully saturated rings. The van der Waals surface area contributed by atoms with Gasteiger partial charge in [-0.1, -0.05) is 5.21 Å². The Labute approximate surface area is 98.3 Å². The summed E-state index contributed by atoms with van der Waals surface area (Å²) in [6.45, 7) is 0.551. The number of hydrogen-bond acceptors (Lipinski definition) is 5. The monoisotopic (exact) mass is 238 g/mol. The summed E-state index contributed by atoms with van der Waals surface area (Å²) in [6, 6.07) is -0.491. The standard InChI is InChI=1S/C10H14N4O3/c1-13-6-7(11-12-13)9(15)14-5-3-4-8(14)10(16)17-2/h6,8H,3-5H2,1-2H3. The van der Waals surface area contributed by atoms with Crippen LogP contribution in [-0.2, 0) is 16.6 Å². The number of hydrogen-bond donors (Lipinski definition) is 0. The van der Waals surface area contributed by atoms with Gasteiger partial charge in [0.25, 0.3) is 5.91 Å². The number of likely N-dealkylation sites (tertiary alicyclic amines) is 1. The van der Waals surface area contributed by atoms with Crippen LogP contribution in [0.1, 0.15) is 23.3 Å². The van der Waals surface area contributed by atoms with E-state index in [1.165, 1.54) is 22.9 Å². The number of esters is 1. The van der Waals surface area contributed by atoms with Crippen molar-refractivity contribution in [3.05, 3.63) is 11.9 Å². The summed E-state index contributed by atoms with van der Waals surface area (Å²) >= 11 is 0. The van der Waals surface area contributed by atoms with Gasteiger partial charge in [0, 0.05) is 13.6 Å². The Bertz CT molecular complexity index is 443. The van der Waals surface area contributed by atoms with Crippen LogP contribution in [0.5, 0.6) is 0 Å². The van der Waals surface area contributed by atoms with Crippen molar-refractivity contribution in [3.8, 4) is 0 Å². The first kappa shape index (κ1) is 11.6. The smallest absolute Gasteiger partial charge is 0.328 e. The Morgan fingerprint density at radius 3 is 2.88 bits per heavy atom. The number of methoxy groups -OCH3 is 1. The molecule has 7 nitrogen and oxygen atoms in total. The SMILES string of the molecule is COC(=O)C1CCCN1C(=O)c1cn(C)nn1. The fourth-order valence-corrected chi connectivity index (χ4v) is 1.98. The average Bonchev–Trinajstić information content (AvgIpc) is 2.95. The fourth-order valence-electron chi connectivity index (χ4n) is 1.98. The third kappa shape index (κ3) is 2.13. The summed E-state index contributed by atoms with van der Waals surface area (Å²) in [5, 5.41) is 7.45. The van der Waals surface area contributed by atoms with Gasteiger partial charge in [-0.2, -0.15) is 0 Å². The molecule has 1 amide bonds. The van der Waals surface area contributed by atoms with Gasteiger partial charge < -0.3 is 9.64 Å². The van der Waals surface area contributed by atoms with Crippen molar-refractivity contribution in [1.82, 2.24) is 19.9 Å². The first-order valence-electron chi connectivity index (χ1n) is 5.38. The number of amides is 1. The lowest BCUT2D eigenvalue weighted by Crippen LogP contribution is -2.41. The van der Waals surface area contributed by atoms with Gasteiger partial charge in [-0.05, 0) is 12.8 Å². The van der Waals surface area contributed by atoms with E-state index in [9.17, 15) is 9.59 Å². The number of rotatable bonds is 2. The summed E-state index contributed by atoms with van der Waals surface area (Å²) in [7, 11) is 3.01. The molecule has 92 valence electrons. The number of ether oxygens (including phenoxy) is 1. The van der Waals surface area contributed by atoms with Crippen molar-refractivity contribution < 1.29 is 14.3 Å². The topological polar surface area (TPSA) is 77.3 Å². The molecule has 0 radical (unpaired) electrons. The second-order valence-corrected chi connectivity index (χ2v) is 3.96. The lowest BCUT2D eigenvalue weighted by atomic mass is 10.2. The van der Waals surface area contributed by atoms with Crippen LogP contribution in [0.25, 0.3) is 0 Å². The number of carbonyl (C=O) groups excluding carboxylic acids is 2. The van der Waals surface area contributed by atoms with E-state index < -0.39 is 6.04 Å². The van der Waals surface area contributed by atoms with E-state index in [0.29, 0.717) is 13.0 Å². The van der Waals surface area contributed by atoms with Crippen molar-refractivity contribution in [1.29, 1.82) is 0 Å². The van der Waals surface area contributed by atoms with Gasteiger partial charge in [-0.25, -0.2) is 4.79 Å². The molecule has 2 rings (SSSR count). The van der Waals surface area contributed by atoms with Gasteiger partial charge in [-0.3, -0.25) is 9.48 Å². The Hall–Kier alpha value is -1.92. The fraction of sp³-hybridized carbons (Fsp3) is 0.600. The molecule has 0 N–H and O–H groups in total. The number of aryl methyl sites for hydroxylation is 1. The van der Waals surface area contributed by atoms with Crippen molar-refractivity contribution in [2.75, 3.05) is 13.7 Å². The van der Waals surface area contributed by atoms with E-state index in [1.54, 1.807) is 7.05 Å². The highest BCUT2D eigenvalue weighted by molar-refractivity contribution is 5.95. The second kappa shape index (κ2) is 4.52. The molecule has 7 heteroatoms. The zero-order valence-corrected chi connectivity index (χ0v) is 9.79. The van der Waals surface area contributed by atoms with Gasteiger partial charge in [0.05, 0.1) is 13.3 Å². The molecule has 0 aromatic carbocycles. The number of nitrogens with zero attached hydrogens (tertiary/aromatic N) is 4. The molecular formula is C10H14N4O3. The van der Waals surface area contributed by atoms with Crippen LogP contribution in [-0.4, -0.2) is 51.5 Å². The van der Waals surface area contributed by atoms with Crippen LogP contribution < -0.4 is 0 Å². The molecule has 0 saturated carbocycles. The molecule has 0 bridgehead atoms. The minimum absolute atomic E-state index is 0.253. The third-order valence-electron chi connectivity index (χ3n) is 2.81. The van der Waals surface area contributed by atoms with E-state index in [-0.39, 0.29) is 17.6 Å². The Morgan fingerprint density at radius 2 is 2.29 bits per heavy atom. The van der Waals surface area contributed by atoms with E-state index in [0.717, 1.165) is 6.42 Å². The molecule has 1 aliphatic rings. The lowest BCUT2D eigenvalue weighted by Gasteiger charge is -2.21. The highest BCUT2D eigenvalue weighted by Crippen LogP contribution is 2.20. The highest BCUT2D eigenvalue weighted by Gasteiger charge is 2.36. The lowest BCUT2D eigenvalue weighted by molar-refractivity contribution is -0.145. The van der Waals surface area contributed by atoms with Crippen LogP contribution in [0, 0.1) is 0 Å². The molecule has 1 aliphatic heterocycles. The third-order valence-corrected chi connectivity index (χ3v) is 2.81. The van der Waals surface area contributed by atoms with Crippen LogP contribution in [0.2, 0.25) is 0 Å². The minimum Gasteiger partial charge on any atom is -0.467 e. The summed E-state index contributed by atoms with van der Waals surface area (Å²) in [4.78, 5) is 25.1. The van der Waals surface area contributed by atoms with E-state index >= 15 is 0 Å². The largest absolute Gasteiger partial charge is 0.467 e. The van der Waals surface area contributed by atoms with Gasteiger partial charge >= 0.3 is 5.97 Å². The summed E-state index contributed by atoms with van der Waals surface area (Å²) < 4.78 is 6.14. The van der Waals surface area contributed by atoms with Crippen LogP contribution >= 0.6 is 0 Å². The maximum atomic E-state index is 12.1.